The van der Waals surface area contributed by atoms with Gasteiger partial charge in [-0.2, -0.15) is 18.3 Å². The number of nitrogens with zero attached hydrogens (tertiary/aromatic N) is 3. The Balaban J connectivity index is 1.78. The standard InChI is InChI=1S/C19H12F3N3O3S/c20-19(21,22)10-5-6-13-15(7-10)29-16(23-13)9-25-18(28)12-4-2-1-3-11(12)14(24-25)8-17(26)27/h1-7H,8-9H2,(H,26,27). The first-order valence-corrected chi connectivity index (χ1v) is 9.21. The lowest BCUT2D eigenvalue weighted by molar-refractivity contribution is -0.138. The molecule has 0 aliphatic carbocycles. The highest BCUT2D eigenvalue weighted by Crippen LogP contribution is 2.33. The van der Waals surface area contributed by atoms with E-state index in [2.05, 4.69) is 10.1 Å². The number of fused-ring (bicyclic) bond motifs is 2. The predicted molar refractivity (Wildman–Crippen MR) is 101 cm³/mol. The number of carbonyl (C=O) groups is 1. The van der Waals surface area contributed by atoms with Gasteiger partial charge in [-0.3, -0.25) is 9.59 Å². The molecule has 0 spiro atoms. The molecule has 2 aromatic heterocycles. The number of halogens is 3. The van der Waals surface area contributed by atoms with Crippen LogP contribution in [0.25, 0.3) is 21.0 Å². The second-order valence-corrected chi connectivity index (χ2v) is 7.43. The third-order valence-corrected chi connectivity index (χ3v) is 5.31. The molecule has 148 valence electrons. The highest BCUT2D eigenvalue weighted by atomic mass is 32.1. The summed E-state index contributed by atoms with van der Waals surface area (Å²) >= 11 is 1.03. The zero-order valence-corrected chi connectivity index (χ0v) is 15.4. The molecule has 0 radical (unpaired) electrons. The maximum Gasteiger partial charge on any atom is 0.416 e. The van der Waals surface area contributed by atoms with Crippen LogP contribution in [0.15, 0.2) is 47.3 Å². The fraction of sp³-hybridized carbons (Fsp3) is 0.158. The highest BCUT2D eigenvalue weighted by molar-refractivity contribution is 7.18. The lowest BCUT2D eigenvalue weighted by atomic mass is 10.1. The average molecular weight is 419 g/mol. The number of aliphatic carboxylic acids is 1. The molecule has 2 aromatic carbocycles. The SMILES string of the molecule is O=C(O)Cc1nn(Cc2nc3ccc(C(F)(F)F)cc3s2)c(=O)c2ccccc12. The summed E-state index contributed by atoms with van der Waals surface area (Å²) < 4.78 is 40.1. The summed E-state index contributed by atoms with van der Waals surface area (Å²) in [4.78, 5) is 28.2. The zero-order chi connectivity index (χ0) is 20.8. The van der Waals surface area contributed by atoms with Crippen molar-refractivity contribution in [1.29, 1.82) is 0 Å². The first-order valence-electron chi connectivity index (χ1n) is 8.39. The van der Waals surface area contributed by atoms with E-state index in [-0.39, 0.29) is 18.7 Å². The molecule has 0 aliphatic heterocycles. The Morgan fingerprint density at radius 3 is 2.55 bits per heavy atom. The second-order valence-electron chi connectivity index (χ2n) is 6.31. The minimum absolute atomic E-state index is 0.0724. The Labute approximate surface area is 164 Å². The van der Waals surface area contributed by atoms with Crippen LogP contribution in [-0.2, 0) is 23.9 Å². The summed E-state index contributed by atoms with van der Waals surface area (Å²) in [6, 6.07) is 9.81. The van der Waals surface area contributed by atoms with Crippen LogP contribution in [0.2, 0.25) is 0 Å². The molecule has 0 amide bonds. The molecule has 0 aliphatic rings. The topological polar surface area (TPSA) is 85.1 Å². The van der Waals surface area contributed by atoms with E-state index >= 15 is 0 Å². The van der Waals surface area contributed by atoms with E-state index in [4.69, 9.17) is 5.11 Å². The molecular weight excluding hydrogens is 407 g/mol. The minimum atomic E-state index is -4.46. The van der Waals surface area contributed by atoms with Gasteiger partial charge in [0.1, 0.15) is 5.01 Å². The summed E-state index contributed by atoms with van der Waals surface area (Å²) in [7, 11) is 0. The van der Waals surface area contributed by atoms with Crippen molar-refractivity contribution >= 4 is 38.3 Å². The Morgan fingerprint density at radius 2 is 1.86 bits per heavy atom. The van der Waals surface area contributed by atoms with E-state index in [0.717, 1.165) is 28.2 Å². The van der Waals surface area contributed by atoms with Crippen LogP contribution in [0.3, 0.4) is 0 Å². The molecule has 1 N–H and O–H groups in total. The summed E-state index contributed by atoms with van der Waals surface area (Å²) in [6.07, 6.45) is -4.82. The van der Waals surface area contributed by atoms with Gasteiger partial charge in [0.05, 0.1) is 39.8 Å². The normalized spacial score (nSPS) is 12.0. The third kappa shape index (κ3) is 3.70. The van der Waals surface area contributed by atoms with Gasteiger partial charge in [-0.05, 0) is 24.3 Å². The largest absolute Gasteiger partial charge is 0.481 e. The molecule has 10 heteroatoms. The van der Waals surface area contributed by atoms with E-state index in [1.807, 2.05) is 0 Å². The first kappa shape index (κ1) is 19.1. The number of carboxylic acids is 1. The van der Waals surface area contributed by atoms with Crippen LogP contribution >= 0.6 is 11.3 Å². The third-order valence-electron chi connectivity index (χ3n) is 4.31. The molecule has 4 aromatic rings. The molecule has 0 atom stereocenters. The van der Waals surface area contributed by atoms with Gasteiger partial charge in [0.15, 0.2) is 0 Å². The van der Waals surface area contributed by atoms with Crippen LogP contribution < -0.4 is 5.56 Å². The second kappa shape index (κ2) is 6.96. The van der Waals surface area contributed by atoms with E-state index in [1.54, 1.807) is 24.3 Å². The number of rotatable bonds is 4. The lowest BCUT2D eigenvalue weighted by Crippen LogP contribution is -2.26. The Morgan fingerprint density at radius 1 is 1.14 bits per heavy atom. The van der Waals surface area contributed by atoms with Crippen molar-refractivity contribution in [1.82, 2.24) is 14.8 Å². The van der Waals surface area contributed by atoms with Gasteiger partial charge in [0.25, 0.3) is 5.56 Å². The van der Waals surface area contributed by atoms with E-state index in [9.17, 15) is 22.8 Å². The highest BCUT2D eigenvalue weighted by Gasteiger charge is 2.30. The molecule has 6 nitrogen and oxygen atoms in total. The van der Waals surface area contributed by atoms with Crippen LogP contribution in [0.1, 0.15) is 16.3 Å². The van der Waals surface area contributed by atoms with Crippen LogP contribution in [0.5, 0.6) is 0 Å². The quantitative estimate of drug-likeness (QED) is 0.545. The smallest absolute Gasteiger partial charge is 0.416 e. The average Bonchev–Trinajstić information content (AvgIpc) is 3.06. The number of alkyl halides is 3. The molecule has 0 saturated heterocycles. The predicted octanol–water partition coefficient (Wildman–Crippen LogP) is 3.70. The molecule has 29 heavy (non-hydrogen) atoms. The van der Waals surface area contributed by atoms with E-state index in [1.165, 1.54) is 6.07 Å². The van der Waals surface area contributed by atoms with Crippen molar-refractivity contribution in [2.24, 2.45) is 0 Å². The van der Waals surface area contributed by atoms with Gasteiger partial charge in [0.2, 0.25) is 0 Å². The maximum atomic E-state index is 12.9. The molecule has 4 rings (SSSR count). The Hall–Kier alpha value is -3.27. The van der Waals surface area contributed by atoms with Crippen molar-refractivity contribution in [3.63, 3.8) is 0 Å². The van der Waals surface area contributed by atoms with Gasteiger partial charge in [0, 0.05) is 5.39 Å². The molecule has 0 unspecified atom stereocenters. The van der Waals surface area contributed by atoms with E-state index < -0.39 is 23.3 Å². The molecular formula is C19H12F3N3O3S. The van der Waals surface area contributed by atoms with Crippen LogP contribution in [-0.4, -0.2) is 25.8 Å². The summed E-state index contributed by atoms with van der Waals surface area (Å²) in [6.45, 7) is -0.0724. The molecule has 2 heterocycles. The fourth-order valence-corrected chi connectivity index (χ4v) is 4.02. The Kier molecular flexibility index (Phi) is 4.58. The summed E-state index contributed by atoms with van der Waals surface area (Å²) in [5.74, 6) is -1.09. The Bertz CT molecular complexity index is 1310. The van der Waals surface area contributed by atoms with Gasteiger partial charge in [-0.25, -0.2) is 9.67 Å². The van der Waals surface area contributed by atoms with Crippen molar-refractivity contribution in [3.05, 3.63) is 69.1 Å². The molecule has 0 saturated carbocycles. The van der Waals surface area contributed by atoms with Crippen LogP contribution in [0.4, 0.5) is 13.2 Å². The maximum absolute atomic E-state index is 12.9. The van der Waals surface area contributed by atoms with Crippen molar-refractivity contribution in [2.75, 3.05) is 0 Å². The van der Waals surface area contributed by atoms with Gasteiger partial charge in [-0.15, -0.1) is 11.3 Å². The van der Waals surface area contributed by atoms with E-state index in [0.29, 0.717) is 26.0 Å². The van der Waals surface area contributed by atoms with Crippen molar-refractivity contribution < 1.29 is 23.1 Å². The summed E-state index contributed by atoms with van der Waals surface area (Å²) in [5.41, 5.74) is -0.583. The number of aromatic nitrogens is 3. The minimum Gasteiger partial charge on any atom is -0.481 e. The number of benzene rings is 2. The molecule has 0 bridgehead atoms. The van der Waals surface area contributed by atoms with Gasteiger partial charge >= 0.3 is 12.1 Å². The molecule has 0 fully saturated rings. The fourth-order valence-electron chi connectivity index (χ4n) is 3.03. The van der Waals surface area contributed by atoms with Crippen molar-refractivity contribution in [2.45, 2.75) is 19.1 Å². The van der Waals surface area contributed by atoms with Gasteiger partial charge < -0.3 is 5.11 Å². The lowest BCUT2D eigenvalue weighted by Gasteiger charge is -2.08. The number of hydrogen-bond donors (Lipinski definition) is 1. The van der Waals surface area contributed by atoms with Crippen LogP contribution in [0, 0.1) is 0 Å². The van der Waals surface area contributed by atoms with Gasteiger partial charge in [-0.1, -0.05) is 18.2 Å². The van der Waals surface area contributed by atoms with Crippen molar-refractivity contribution in [3.8, 4) is 0 Å². The zero-order valence-electron chi connectivity index (χ0n) is 14.6. The monoisotopic (exact) mass is 419 g/mol. The number of carboxylic acid groups (broad SMARTS) is 1. The number of thiazole rings is 1. The first-order chi connectivity index (χ1) is 13.7. The summed E-state index contributed by atoms with van der Waals surface area (Å²) in [5, 5.41) is 14.5. The number of hydrogen-bond acceptors (Lipinski definition) is 5.